The molecule has 1 heterocycles. The van der Waals surface area contributed by atoms with Crippen LogP contribution in [0.25, 0.3) is 11.3 Å². The van der Waals surface area contributed by atoms with Crippen molar-refractivity contribution in [3.05, 3.63) is 94.0 Å². The molecule has 0 aromatic heterocycles. The number of nitro benzene ring substituents is 1. The summed E-state index contributed by atoms with van der Waals surface area (Å²) in [6, 6.07) is 20.9. The average Bonchev–Trinajstić information content (AvgIpc) is 3.09. The molecule has 0 radical (unpaired) electrons. The van der Waals surface area contributed by atoms with Crippen molar-refractivity contribution in [2.75, 3.05) is 16.0 Å². The van der Waals surface area contributed by atoms with Crippen molar-refractivity contribution >= 4 is 40.4 Å². The first-order chi connectivity index (χ1) is 14.6. The van der Waals surface area contributed by atoms with Crippen molar-refractivity contribution in [3.8, 4) is 0 Å². The maximum atomic E-state index is 11.3. The summed E-state index contributed by atoms with van der Waals surface area (Å²) < 4.78 is 0. The molecule has 0 bridgehead atoms. The van der Waals surface area contributed by atoms with Gasteiger partial charge in [0.05, 0.1) is 10.6 Å². The Morgan fingerprint density at radius 2 is 1.73 bits per heavy atom. The summed E-state index contributed by atoms with van der Waals surface area (Å²) in [5.41, 5.74) is 4.42. The van der Waals surface area contributed by atoms with Gasteiger partial charge in [-0.3, -0.25) is 14.9 Å². The lowest BCUT2D eigenvalue weighted by molar-refractivity contribution is -0.384. The van der Waals surface area contributed by atoms with E-state index in [9.17, 15) is 20.0 Å². The SMILES string of the molecule is O=CNc1ccc(N/C(=C2/c3cc([N+](=O)[O-])ccc3NC2O)c2ccccc2)cc1. The van der Waals surface area contributed by atoms with E-state index in [1.54, 1.807) is 30.3 Å². The lowest BCUT2D eigenvalue weighted by Gasteiger charge is -2.17. The van der Waals surface area contributed by atoms with E-state index < -0.39 is 11.2 Å². The highest BCUT2D eigenvalue weighted by Crippen LogP contribution is 2.41. The molecule has 0 saturated heterocycles. The van der Waals surface area contributed by atoms with Gasteiger partial charge in [-0.2, -0.15) is 0 Å². The van der Waals surface area contributed by atoms with E-state index in [0.29, 0.717) is 34.6 Å². The number of nitrogens with zero attached hydrogens (tertiary/aromatic N) is 1. The topological polar surface area (TPSA) is 117 Å². The highest BCUT2D eigenvalue weighted by atomic mass is 16.6. The number of fused-ring (bicyclic) bond motifs is 1. The first-order valence-electron chi connectivity index (χ1n) is 9.17. The van der Waals surface area contributed by atoms with E-state index in [2.05, 4.69) is 16.0 Å². The summed E-state index contributed by atoms with van der Waals surface area (Å²) in [6.45, 7) is 0. The third-order valence-electron chi connectivity index (χ3n) is 4.78. The number of nitrogens with one attached hydrogen (secondary N) is 3. The summed E-state index contributed by atoms with van der Waals surface area (Å²) in [7, 11) is 0. The Balaban J connectivity index is 1.84. The summed E-state index contributed by atoms with van der Waals surface area (Å²) in [5.74, 6) is 0. The van der Waals surface area contributed by atoms with Crippen molar-refractivity contribution < 1.29 is 14.8 Å². The van der Waals surface area contributed by atoms with Crippen LogP contribution in [0.2, 0.25) is 0 Å². The third kappa shape index (κ3) is 3.71. The Hall–Kier alpha value is -4.17. The summed E-state index contributed by atoms with van der Waals surface area (Å²) >= 11 is 0. The number of amides is 1. The largest absolute Gasteiger partial charge is 0.369 e. The number of anilines is 3. The summed E-state index contributed by atoms with van der Waals surface area (Å²) in [5, 5.41) is 30.9. The fourth-order valence-electron chi connectivity index (χ4n) is 3.39. The number of carbonyl (C=O) groups excluding carboxylic acids is 1. The van der Waals surface area contributed by atoms with E-state index in [1.807, 2.05) is 30.3 Å². The van der Waals surface area contributed by atoms with Crippen molar-refractivity contribution in [1.82, 2.24) is 0 Å². The molecule has 0 aliphatic carbocycles. The van der Waals surface area contributed by atoms with Gasteiger partial charge in [0, 0.05) is 40.3 Å². The zero-order valence-electron chi connectivity index (χ0n) is 15.7. The maximum Gasteiger partial charge on any atom is 0.270 e. The van der Waals surface area contributed by atoms with Crippen LogP contribution in [-0.4, -0.2) is 22.7 Å². The minimum absolute atomic E-state index is 0.0566. The normalized spacial score (nSPS) is 16.2. The van der Waals surface area contributed by atoms with Gasteiger partial charge in [-0.15, -0.1) is 0 Å². The van der Waals surface area contributed by atoms with Crippen LogP contribution in [0.1, 0.15) is 11.1 Å². The molecule has 4 N–H and O–H groups in total. The molecular formula is C22H18N4O4. The Morgan fingerprint density at radius 3 is 2.40 bits per heavy atom. The highest BCUT2D eigenvalue weighted by Gasteiger charge is 2.30. The smallest absolute Gasteiger partial charge is 0.270 e. The van der Waals surface area contributed by atoms with Gasteiger partial charge in [-0.25, -0.2) is 0 Å². The van der Waals surface area contributed by atoms with E-state index in [-0.39, 0.29) is 5.69 Å². The molecule has 0 saturated carbocycles. The minimum atomic E-state index is -1.04. The Kier molecular flexibility index (Phi) is 5.15. The number of benzene rings is 3. The molecule has 1 unspecified atom stereocenters. The molecule has 4 rings (SSSR count). The van der Waals surface area contributed by atoms with E-state index in [4.69, 9.17) is 0 Å². The molecule has 150 valence electrons. The first-order valence-corrected chi connectivity index (χ1v) is 9.17. The van der Waals surface area contributed by atoms with Gasteiger partial charge in [-0.05, 0) is 35.9 Å². The number of aliphatic hydroxyl groups excluding tert-OH is 1. The fourth-order valence-corrected chi connectivity index (χ4v) is 3.39. The second-order valence-electron chi connectivity index (χ2n) is 6.65. The lowest BCUT2D eigenvalue weighted by atomic mass is 9.99. The Labute approximate surface area is 172 Å². The van der Waals surface area contributed by atoms with E-state index in [1.165, 1.54) is 12.1 Å². The van der Waals surface area contributed by atoms with Crippen LogP contribution >= 0.6 is 0 Å². The molecular weight excluding hydrogens is 384 g/mol. The van der Waals surface area contributed by atoms with Gasteiger partial charge in [0.2, 0.25) is 6.41 Å². The molecule has 8 heteroatoms. The van der Waals surface area contributed by atoms with Gasteiger partial charge in [-0.1, -0.05) is 30.3 Å². The summed E-state index contributed by atoms with van der Waals surface area (Å²) in [6.07, 6.45) is -0.440. The van der Waals surface area contributed by atoms with Crippen LogP contribution in [0.3, 0.4) is 0 Å². The van der Waals surface area contributed by atoms with Crippen molar-refractivity contribution in [1.29, 1.82) is 0 Å². The number of non-ortho nitro benzene ring substituents is 1. The number of carbonyl (C=O) groups is 1. The molecule has 30 heavy (non-hydrogen) atoms. The lowest BCUT2D eigenvalue weighted by Crippen LogP contribution is -2.16. The van der Waals surface area contributed by atoms with Crippen LogP contribution in [0.4, 0.5) is 22.7 Å². The van der Waals surface area contributed by atoms with Crippen LogP contribution in [0.15, 0.2) is 72.8 Å². The zero-order chi connectivity index (χ0) is 21.1. The highest BCUT2D eigenvalue weighted by molar-refractivity contribution is 6.03. The molecule has 1 aliphatic rings. The monoisotopic (exact) mass is 402 g/mol. The number of hydrogen-bond donors (Lipinski definition) is 4. The molecule has 0 spiro atoms. The van der Waals surface area contributed by atoms with Gasteiger partial charge < -0.3 is 21.1 Å². The van der Waals surface area contributed by atoms with Gasteiger partial charge in [0.1, 0.15) is 0 Å². The number of nitro groups is 1. The van der Waals surface area contributed by atoms with E-state index in [0.717, 1.165) is 11.3 Å². The van der Waals surface area contributed by atoms with E-state index >= 15 is 0 Å². The standard InChI is InChI=1S/C22H18N4O4/c27-13-23-15-6-8-16(9-7-15)24-21(14-4-2-1-3-5-14)20-18-12-17(26(29)30)10-11-19(18)25-22(20)28/h1-13,22,24-25,28H,(H,23,27)/b21-20-. The molecule has 1 aliphatic heterocycles. The molecule has 0 fully saturated rings. The maximum absolute atomic E-state index is 11.3. The zero-order valence-corrected chi connectivity index (χ0v) is 15.7. The molecule has 1 amide bonds. The quantitative estimate of drug-likeness (QED) is 0.282. The Bertz CT molecular complexity index is 1130. The number of rotatable bonds is 6. The van der Waals surface area contributed by atoms with Crippen LogP contribution in [0.5, 0.6) is 0 Å². The predicted molar refractivity (Wildman–Crippen MR) is 116 cm³/mol. The third-order valence-corrected chi connectivity index (χ3v) is 4.78. The average molecular weight is 402 g/mol. The second kappa shape index (κ2) is 8.06. The van der Waals surface area contributed by atoms with Crippen LogP contribution in [0, 0.1) is 10.1 Å². The molecule has 3 aromatic rings. The second-order valence-corrected chi connectivity index (χ2v) is 6.65. The Morgan fingerprint density at radius 1 is 1.03 bits per heavy atom. The minimum Gasteiger partial charge on any atom is -0.369 e. The number of hydrogen-bond acceptors (Lipinski definition) is 6. The predicted octanol–water partition coefficient (Wildman–Crippen LogP) is 3.89. The fraction of sp³-hybridized carbons (Fsp3) is 0.0455. The van der Waals surface area contributed by atoms with Gasteiger partial charge in [0.15, 0.2) is 6.23 Å². The van der Waals surface area contributed by atoms with Crippen molar-refractivity contribution in [3.63, 3.8) is 0 Å². The van der Waals surface area contributed by atoms with Crippen molar-refractivity contribution in [2.24, 2.45) is 0 Å². The van der Waals surface area contributed by atoms with Gasteiger partial charge in [0.25, 0.3) is 5.69 Å². The summed E-state index contributed by atoms with van der Waals surface area (Å²) in [4.78, 5) is 21.4. The van der Waals surface area contributed by atoms with Gasteiger partial charge >= 0.3 is 0 Å². The van der Waals surface area contributed by atoms with Crippen molar-refractivity contribution in [2.45, 2.75) is 6.23 Å². The van der Waals surface area contributed by atoms with Crippen LogP contribution in [-0.2, 0) is 4.79 Å². The molecule has 8 nitrogen and oxygen atoms in total. The van der Waals surface area contributed by atoms with Crippen LogP contribution < -0.4 is 16.0 Å². The molecule has 3 aromatic carbocycles. The first kappa shape index (κ1) is 19.2. The molecule has 1 atom stereocenters. The number of aliphatic hydroxyl groups is 1.